The number of nitrogens with zero attached hydrogens (tertiary/aromatic N) is 2. The molecule has 3 aromatic carbocycles. The van der Waals surface area contributed by atoms with E-state index in [0.29, 0.717) is 12.1 Å². The highest BCUT2D eigenvalue weighted by Gasteiger charge is 2.34. The summed E-state index contributed by atoms with van der Waals surface area (Å²) in [6.45, 7) is 9.01. The Balaban J connectivity index is 1.63. The molecule has 4 nitrogen and oxygen atoms in total. The molecule has 4 rings (SSSR count). The van der Waals surface area contributed by atoms with E-state index in [2.05, 4.69) is 72.2 Å². The van der Waals surface area contributed by atoms with Crippen molar-refractivity contribution in [2.45, 2.75) is 45.4 Å². The number of carbonyl (C=O) groups excluding carboxylic acids is 1. The van der Waals surface area contributed by atoms with Gasteiger partial charge in [-0.1, -0.05) is 66.7 Å². The Bertz CT molecular complexity index is 1050. The molecule has 1 aliphatic rings. The number of carbonyl (C=O) groups is 1. The summed E-state index contributed by atoms with van der Waals surface area (Å²) >= 11 is 0. The lowest BCUT2D eigenvalue weighted by Gasteiger charge is -2.47. The molecule has 4 heteroatoms. The third kappa shape index (κ3) is 4.93. The number of benzene rings is 3. The average Bonchev–Trinajstić information content (AvgIpc) is 2.78. The van der Waals surface area contributed by atoms with Crippen LogP contribution in [0.15, 0.2) is 78.9 Å². The SMILES string of the molecule is CC(=O)c1ccc([C@@H](c2cccc(O)c2)N2C[C@@H](C)N(Cc3ccccc3)C[C@@H]2C)cc1. The Kier molecular flexibility index (Phi) is 6.73. The lowest BCUT2D eigenvalue weighted by Crippen LogP contribution is -2.56. The van der Waals surface area contributed by atoms with Crippen LogP contribution < -0.4 is 0 Å². The first-order valence-corrected chi connectivity index (χ1v) is 11.4. The molecule has 1 heterocycles. The monoisotopic (exact) mass is 428 g/mol. The summed E-state index contributed by atoms with van der Waals surface area (Å²) in [5.74, 6) is 0.346. The molecule has 32 heavy (non-hydrogen) atoms. The molecule has 166 valence electrons. The van der Waals surface area contributed by atoms with E-state index in [4.69, 9.17) is 0 Å². The normalized spacial score (nSPS) is 20.7. The molecule has 0 aromatic heterocycles. The van der Waals surface area contributed by atoms with Gasteiger partial charge in [-0.25, -0.2) is 0 Å². The van der Waals surface area contributed by atoms with Crippen molar-refractivity contribution in [1.29, 1.82) is 0 Å². The van der Waals surface area contributed by atoms with E-state index >= 15 is 0 Å². The van der Waals surface area contributed by atoms with E-state index in [1.165, 1.54) is 5.56 Å². The first kappa shape index (κ1) is 22.3. The van der Waals surface area contributed by atoms with Crippen LogP contribution in [0.5, 0.6) is 5.75 Å². The van der Waals surface area contributed by atoms with Gasteiger partial charge in [0.2, 0.25) is 0 Å². The second kappa shape index (κ2) is 9.68. The maximum atomic E-state index is 11.8. The number of ketones is 1. The maximum Gasteiger partial charge on any atom is 0.159 e. The molecule has 0 bridgehead atoms. The Morgan fingerprint density at radius 3 is 2.28 bits per heavy atom. The zero-order valence-corrected chi connectivity index (χ0v) is 19.1. The fourth-order valence-corrected chi connectivity index (χ4v) is 4.79. The van der Waals surface area contributed by atoms with E-state index in [0.717, 1.165) is 36.3 Å². The highest BCUT2D eigenvalue weighted by molar-refractivity contribution is 5.94. The van der Waals surface area contributed by atoms with Crippen molar-refractivity contribution in [2.75, 3.05) is 13.1 Å². The molecular weight excluding hydrogens is 396 g/mol. The van der Waals surface area contributed by atoms with Gasteiger partial charge in [-0.05, 0) is 49.6 Å². The molecule has 3 aromatic rings. The zero-order valence-electron chi connectivity index (χ0n) is 19.1. The van der Waals surface area contributed by atoms with Crippen molar-refractivity contribution in [3.8, 4) is 5.75 Å². The molecule has 3 atom stereocenters. The minimum Gasteiger partial charge on any atom is -0.508 e. The number of Topliss-reactive ketones (excluding diaryl/α,β-unsaturated/α-hetero) is 1. The van der Waals surface area contributed by atoms with Crippen LogP contribution in [0.4, 0.5) is 0 Å². The summed E-state index contributed by atoms with van der Waals surface area (Å²) in [5, 5.41) is 10.2. The van der Waals surface area contributed by atoms with Gasteiger partial charge < -0.3 is 5.11 Å². The Morgan fingerprint density at radius 2 is 1.62 bits per heavy atom. The van der Waals surface area contributed by atoms with E-state index in [-0.39, 0.29) is 17.6 Å². The van der Waals surface area contributed by atoms with Crippen molar-refractivity contribution in [3.05, 3.63) is 101 Å². The number of hydrogen-bond acceptors (Lipinski definition) is 4. The highest BCUT2D eigenvalue weighted by atomic mass is 16.3. The van der Waals surface area contributed by atoms with E-state index in [1.807, 2.05) is 24.3 Å². The summed E-state index contributed by atoms with van der Waals surface area (Å²) in [6.07, 6.45) is 0. The smallest absolute Gasteiger partial charge is 0.159 e. The lowest BCUT2D eigenvalue weighted by molar-refractivity contribution is 0.0195. The van der Waals surface area contributed by atoms with E-state index in [1.54, 1.807) is 13.0 Å². The molecule has 0 radical (unpaired) electrons. The Morgan fingerprint density at radius 1 is 0.906 bits per heavy atom. The number of phenols is 1. The van der Waals surface area contributed by atoms with Gasteiger partial charge in [0.25, 0.3) is 0 Å². The largest absolute Gasteiger partial charge is 0.508 e. The van der Waals surface area contributed by atoms with Gasteiger partial charge in [-0.15, -0.1) is 0 Å². The van der Waals surface area contributed by atoms with Crippen molar-refractivity contribution >= 4 is 5.78 Å². The van der Waals surface area contributed by atoms with Crippen LogP contribution in [0.3, 0.4) is 0 Å². The van der Waals surface area contributed by atoms with Gasteiger partial charge in [0, 0.05) is 37.3 Å². The minimum atomic E-state index is 0.0134. The van der Waals surface area contributed by atoms with Crippen LogP contribution in [0.2, 0.25) is 0 Å². The van der Waals surface area contributed by atoms with E-state index < -0.39 is 0 Å². The summed E-state index contributed by atoms with van der Waals surface area (Å²) in [4.78, 5) is 16.9. The van der Waals surface area contributed by atoms with Gasteiger partial charge in [0.15, 0.2) is 5.78 Å². The lowest BCUT2D eigenvalue weighted by atomic mass is 9.92. The van der Waals surface area contributed by atoms with Crippen LogP contribution in [-0.4, -0.2) is 45.9 Å². The number of rotatable bonds is 6. The van der Waals surface area contributed by atoms with Gasteiger partial charge in [0.05, 0.1) is 6.04 Å². The van der Waals surface area contributed by atoms with Crippen LogP contribution >= 0.6 is 0 Å². The molecule has 0 unspecified atom stereocenters. The molecule has 1 fully saturated rings. The topological polar surface area (TPSA) is 43.8 Å². The molecule has 0 saturated carbocycles. The number of piperazine rings is 1. The van der Waals surface area contributed by atoms with Gasteiger partial charge in [-0.2, -0.15) is 0 Å². The van der Waals surface area contributed by atoms with Crippen LogP contribution in [0.25, 0.3) is 0 Å². The van der Waals surface area contributed by atoms with Crippen LogP contribution in [0, 0.1) is 0 Å². The molecular formula is C28H32N2O2. The predicted octanol–water partition coefficient (Wildman–Crippen LogP) is 5.28. The zero-order chi connectivity index (χ0) is 22.7. The summed E-state index contributed by atoms with van der Waals surface area (Å²) in [5.41, 5.74) is 4.26. The predicted molar refractivity (Wildman–Crippen MR) is 129 cm³/mol. The van der Waals surface area contributed by atoms with Crippen LogP contribution in [-0.2, 0) is 6.54 Å². The van der Waals surface area contributed by atoms with Gasteiger partial charge in [-0.3, -0.25) is 14.6 Å². The van der Waals surface area contributed by atoms with Crippen LogP contribution in [0.1, 0.15) is 53.9 Å². The second-order valence-corrected chi connectivity index (χ2v) is 8.99. The third-order valence-electron chi connectivity index (χ3n) is 6.54. The fourth-order valence-electron chi connectivity index (χ4n) is 4.79. The first-order chi connectivity index (χ1) is 15.4. The maximum absolute atomic E-state index is 11.8. The quantitative estimate of drug-likeness (QED) is 0.543. The second-order valence-electron chi connectivity index (χ2n) is 8.99. The first-order valence-electron chi connectivity index (χ1n) is 11.4. The molecule has 1 saturated heterocycles. The van der Waals surface area contributed by atoms with E-state index in [9.17, 15) is 9.90 Å². The summed E-state index contributed by atoms with van der Waals surface area (Å²) in [7, 11) is 0. The van der Waals surface area contributed by atoms with Crippen molar-refractivity contribution in [1.82, 2.24) is 9.80 Å². The van der Waals surface area contributed by atoms with Crippen molar-refractivity contribution < 1.29 is 9.90 Å². The third-order valence-corrected chi connectivity index (χ3v) is 6.54. The molecule has 1 aliphatic heterocycles. The average molecular weight is 429 g/mol. The standard InChI is InChI=1S/C28H32N2O2/c1-20-18-30(21(2)17-29(20)19-23-8-5-4-6-9-23)28(26-10-7-11-27(32)16-26)25-14-12-24(13-15-25)22(3)31/h4-16,20-21,28,32H,17-19H2,1-3H3/t20-,21+,28+/m1/s1. The number of aromatic hydroxyl groups is 1. The molecule has 1 N–H and O–H groups in total. The molecule has 0 aliphatic carbocycles. The minimum absolute atomic E-state index is 0.0134. The van der Waals surface area contributed by atoms with Crippen molar-refractivity contribution in [3.63, 3.8) is 0 Å². The Labute approximate surface area is 191 Å². The summed E-state index contributed by atoms with van der Waals surface area (Å²) < 4.78 is 0. The highest BCUT2D eigenvalue weighted by Crippen LogP contribution is 2.35. The fraction of sp³-hybridized carbons (Fsp3) is 0.321. The molecule has 0 amide bonds. The number of phenolic OH excluding ortho intramolecular Hbond substituents is 1. The van der Waals surface area contributed by atoms with Gasteiger partial charge >= 0.3 is 0 Å². The van der Waals surface area contributed by atoms with Crippen molar-refractivity contribution in [2.24, 2.45) is 0 Å². The Hall–Kier alpha value is -2.95. The number of hydrogen-bond donors (Lipinski definition) is 1. The molecule has 0 spiro atoms. The summed E-state index contributed by atoms with van der Waals surface area (Å²) in [6, 6.07) is 26.9. The van der Waals surface area contributed by atoms with Gasteiger partial charge in [0.1, 0.15) is 5.75 Å².